The Balaban J connectivity index is 0.00000256. The SMILES string of the molecule is CCOC(=O)CNC(=O)C1(C)CCCNC1.Cl. The quantitative estimate of drug-likeness (QED) is 0.725. The summed E-state index contributed by atoms with van der Waals surface area (Å²) in [6, 6.07) is 0. The molecule has 0 aromatic carbocycles. The van der Waals surface area contributed by atoms with Crippen LogP contribution in [0.4, 0.5) is 0 Å². The van der Waals surface area contributed by atoms with Crippen LogP contribution in [0.5, 0.6) is 0 Å². The van der Waals surface area contributed by atoms with Crippen LogP contribution >= 0.6 is 12.4 Å². The molecule has 1 atom stereocenters. The normalized spacial score (nSPS) is 23.4. The third-order valence-corrected chi connectivity index (χ3v) is 2.84. The summed E-state index contributed by atoms with van der Waals surface area (Å²) in [5.41, 5.74) is -0.398. The number of esters is 1. The molecule has 0 radical (unpaired) electrons. The monoisotopic (exact) mass is 264 g/mol. The molecule has 1 aliphatic heterocycles. The molecule has 0 bridgehead atoms. The van der Waals surface area contributed by atoms with Gasteiger partial charge in [-0.15, -0.1) is 12.4 Å². The molecule has 0 saturated carbocycles. The number of piperidine rings is 1. The lowest BCUT2D eigenvalue weighted by molar-refractivity contribution is -0.144. The molecule has 6 heteroatoms. The highest BCUT2D eigenvalue weighted by atomic mass is 35.5. The number of hydrogen-bond donors (Lipinski definition) is 2. The van der Waals surface area contributed by atoms with Gasteiger partial charge in [-0.05, 0) is 33.2 Å². The van der Waals surface area contributed by atoms with Gasteiger partial charge in [0.2, 0.25) is 5.91 Å². The van der Waals surface area contributed by atoms with E-state index in [1.165, 1.54) is 0 Å². The largest absolute Gasteiger partial charge is 0.465 e. The summed E-state index contributed by atoms with van der Waals surface area (Å²) in [7, 11) is 0. The van der Waals surface area contributed by atoms with Gasteiger partial charge in [-0.1, -0.05) is 0 Å². The van der Waals surface area contributed by atoms with Crippen molar-refractivity contribution < 1.29 is 14.3 Å². The van der Waals surface area contributed by atoms with Gasteiger partial charge in [-0.25, -0.2) is 0 Å². The average Bonchev–Trinajstić information content (AvgIpc) is 2.27. The minimum Gasteiger partial charge on any atom is -0.465 e. The van der Waals surface area contributed by atoms with Crippen molar-refractivity contribution in [3.8, 4) is 0 Å². The minimum absolute atomic E-state index is 0. The molecule has 0 aromatic heterocycles. The molecule has 0 spiro atoms. The Morgan fingerprint density at radius 2 is 2.18 bits per heavy atom. The van der Waals surface area contributed by atoms with Gasteiger partial charge in [0, 0.05) is 6.54 Å². The van der Waals surface area contributed by atoms with Crippen molar-refractivity contribution in [2.75, 3.05) is 26.2 Å². The highest BCUT2D eigenvalue weighted by Crippen LogP contribution is 2.25. The van der Waals surface area contributed by atoms with Crippen LogP contribution in [-0.2, 0) is 14.3 Å². The van der Waals surface area contributed by atoms with E-state index in [0.29, 0.717) is 13.2 Å². The number of carbonyl (C=O) groups is 2. The predicted octanol–water partition coefficient (Wildman–Crippen LogP) is 0.477. The van der Waals surface area contributed by atoms with E-state index in [2.05, 4.69) is 10.6 Å². The standard InChI is InChI=1S/C11H20N2O3.ClH/c1-3-16-9(14)7-13-10(15)11(2)5-4-6-12-8-11;/h12H,3-8H2,1-2H3,(H,13,15);1H. The second kappa shape index (κ2) is 7.50. The van der Waals surface area contributed by atoms with Crippen LogP contribution in [0, 0.1) is 5.41 Å². The zero-order valence-electron chi connectivity index (χ0n) is 10.4. The molecule has 17 heavy (non-hydrogen) atoms. The summed E-state index contributed by atoms with van der Waals surface area (Å²) in [5.74, 6) is -0.462. The topological polar surface area (TPSA) is 67.4 Å². The van der Waals surface area contributed by atoms with Gasteiger partial charge >= 0.3 is 5.97 Å². The average molecular weight is 265 g/mol. The third-order valence-electron chi connectivity index (χ3n) is 2.84. The second-order valence-corrected chi connectivity index (χ2v) is 4.33. The fourth-order valence-corrected chi connectivity index (χ4v) is 1.83. The Morgan fingerprint density at radius 3 is 2.71 bits per heavy atom. The summed E-state index contributed by atoms with van der Waals surface area (Å²) in [4.78, 5) is 23.0. The molecular formula is C11H21ClN2O3. The van der Waals surface area contributed by atoms with E-state index in [9.17, 15) is 9.59 Å². The first-order chi connectivity index (χ1) is 7.58. The summed E-state index contributed by atoms with van der Waals surface area (Å²) < 4.78 is 4.74. The molecule has 100 valence electrons. The van der Waals surface area contributed by atoms with Gasteiger partial charge in [0.1, 0.15) is 6.54 Å². The summed E-state index contributed by atoms with van der Waals surface area (Å²) in [6.07, 6.45) is 1.85. The van der Waals surface area contributed by atoms with Gasteiger partial charge in [-0.2, -0.15) is 0 Å². The zero-order valence-corrected chi connectivity index (χ0v) is 11.2. The van der Waals surface area contributed by atoms with Crippen molar-refractivity contribution in [2.24, 2.45) is 5.41 Å². The smallest absolute Gasteiger partial charge is 0.325 e. The van der Waals surface area contributed by atoms with E-state index < -0.39 is 5.41 Å². The van der Waals surface area contributed by atoms with Crippen molar-refractivity contribution in [3.05, 3.63) is 0 Å². The van der Waals surface area contributed by atoms with Crippen LogP contribution in [0.3, 0.4) is 0 Å². The fourth-order valence-electron chi connectivity index (χ4n) is 1.83. The Morgan fingerprint density at radius 1 is 1.47 bits per heavy atom. The molecule has 0 aliphatic carbocycles. The second-order valence-electron chi connectivity index (χ2n) is 4.33. The van der Waals surface area contributed by atoms with Crippen LogP contribution in [0.2, 0.25) is 0 Å². The van der Waals surface area contributed by atoms with Gasteiger partial charge in [-0.3, -0.25) is 9.59 Å². The summed E-state index contributed by atoms with van der Waals surface area (Å²) >= 11 is 0. The van der Waals surface area contributed by atoms with E-state index in [1.807, 2.05) is 6.92 Å². The highest BCUT2D eigenvalue weighted by molar-refractivity contribution is 5.86. The molecule has 1 unspecified atom stereocenters. The highest BCUT2D eigenvalue weighted by Gasteiger charge is 2.34. The molecule has 1 amide bonds. The first-order valence-corrected chi connectivity index (χ1v) is 5.73. The van der Waals surface area contributed by atoms with Gasteiger partial charge < -0.3 is 15.4 Å². The Hall–Kier alpha value is -0.810. The molecular weight excluding hydrogens is 244 g/mol. The minimum atomic E-state index is -0.398. The van der Waals surface area contributed by atoms with Gasteiger partial charge in [0.05, 0.1) is 12.0 Å². The van der Waals surface area contributed by atoms with E-state index in [4.69, 9.17) is 4.74 Å². The van der Waals surface area contributed by atoms with Gasteiger partial charge in [0.25, 0.3) is 0 Å². The number of nitrogens with one attached hydrogen (secondary N) is 2. The Labute approximate surface area is 108 Å². The van der Waals surface area contributed by atoms with Crippen molar-refractivity contribution in [3.63, 3.8) is 0 Å². The molecule has 1 saturated heterocycles. The Bertz CT molecular complexity index is 265. The first-order valence-electron chi connectivity index (χ1n) is 5.73. The predicted molar refractivity (Wildman–Crippen MR) is 67.1 cm³/mol. The van der Waals surface area contributed by atoms with Crippen molar-refractivity contribution >= 4 is 24.3 Å². The van der Waals surface area contributed by atoms with Crippen molar-refractivity contribution in [1.29, 1.82) is 0 Å². The number of amides is 1. The van der Waals surface area contributed by atoms with E-state index in [1.54, 1.807) is 6.92 Å². The zero-order chi connectivity index (χ0) is 12.0. The van der Waals surface area contributed by atoms with E-state index in [-0.39, 0.29) is 30.8 Å². The maximum Gasteiger partial charge on any atom is 0.325 e. The lowest BCUT2D eigenvalue weighted by Gasteiger charge is -2.32. The summed E-state index contributed by atoms with van der Waals surface area (Å²) in [6.45, 7) is 5.59. The van der Waals surface area contributed by atoms with Gasteiger partial charge in [0.15, 0.2) is 0 Å². The molecule has 2 N–H and O–H groups in total. The third kappa shape index (κ3) is 4.91. The maximum atomic E-state index is 11.9. The van der Waals surface area contributed by atoms with Crippen LogP contribution in [0.1, 0.15) is 26.7 Å². The van der Waals surface area contributed by atoms with Crippen LogP contribution in [0.25, 0.3) is 0 Å². The lowest BCUT2D eigenvalue weighted by Crippen LogP contribution is -2.49. The van der Waals surface area contributed by atoms with Crippen LogP contribution in [0.15, 0.2) is 0 Å². The molecule has 1 aliphatic rings. The molecule has 0 aromatic rings. The molecule has 1 rings (SSSR count). The summed E-state index contributed by atoms with van der Waals surface area (Å²) in [5, 5.41) is 5.82. The molecule has 1 fully saturated rings. The number of hydrogen-bond acceptors (Lipinski definition) is 4. The molecule has 5 nitrogen and oxygen atoms in total. The van der Waals surface area contributed by atoms with E-state index >= 15 is 0 Å². The number of rotatable bonds is 4. The van der Waals surface area contributed by atoms with Crippen molar-refractivity contribution in [2.45, 2.75) is 26.7 Å². The van der Waals surface area contributed by atoms with Crippen molar-refractivity contribution in [1.82, 2.24) is 10.6 Å². The number of carbonyl (C=O) groups excluding carboxylic acids is 2. The number of ether oxygens (including phenoxy) is 1. The van der Waals surface area contributed by atoms with E-state index in [0.717, 1.165) is 19.4 Å². The fraction of sp³-hybridized carbons (Fsp3) is 0.818. The lowest BCUT2D eigenvalue weighted by atomic mass is 9.82. The van der Waals surface area contributed by atoms with Crippen LogP contribution < -0.4 is 10.6 Å². The number of halogens is 1. The first kappa shape index (κ1) is 16.2. The maximum absolute atomic E-state index is 11.9. The van der Waals surface area contributed by atoms with Crippen LogP contribution in [-0.4, -0.2) is 38.1 Å². The molecule has 1 heterocycles. The Kier molecular flexibility index (Phi) is 7.15.